The Bertz CT molecular complexity index is 2650. The summed E-state index contributed by atoms with van der Waals surface area (Å²) in [6, 6.07) is -0.0954. The zero-order valence-electron chi connectivity index (χ0n) is 55.6. The molecule has 0 bridgehead atoms. The Labute approximate surface area is 533 Å². The number of ether oxygens (including phenoxy) is 1. The van der Waals surface area contributed by atoms with Gasteiger partial charge in [-0.25, -0.2) is 0 Å². The van der Waals surface area contributed by atoms with Gasteiger partial charge in [0.1, 0.15) is 41.8 Å². The van der Waals surface area contributed by atoms with E-state index in [1.54, 1.807) is 33.0 Å². The van der Waals surface area contributed by atoms with Crippen molar-refractivity contribution in [2.24, 2.45) is 23.7 Å². The van der Waals surface area contributed by atoms with Gasteiger partial charge in [0.05, 0.1) is 19.6 Å². The van der Waals surface area contributed by atoms with Gasteiger partial charge in [0.15, 0.2) is 0 Å². The third-order valence-electron chi connectivity index (χ3n) is 18.8. The predicted molar refractivity (Wildman–Crippen MR) is 338 cm³/mol. The molecule has 3 aliphatic heterocycles. The summed E-state index contributed by atoms with van der Waals surface area (Å²) in [7, 11) is 10.4. The number of rotatable bonds is 11. The summed E-state index contributed by atoms with van der Waals surface area (Å²) in [5.41, 5.74) is -0.715. The van der Waals surface area contributed by atoms with Crippen molar-refractivity contribution >= 4 is 76.6 Å². The van der Waals surface area contributed by atoms with Gasteiger partial charge in [-0.05, 0) is 93.2 Å². The van der Waals surface area contributed by atoms with Crippen LogP contribution in [0.1, 0.15) is 150 Å². The Morgan fingerprint density at radius 1 is 0.607 bits per heavy atom. The standard InChI is InChI=1S/C65H104ClN11O12/c1-15-43(6)57-63(87)72(10)39-55(80)70(8)40-56(81)75(13)52(37-46-20-17-16-18-21-46)61(85)71(9)38-53(78)67-48(28-25-45-23-26-47(66)27-24-45)60(84)77-31-19-22-49(77)59(83)69-65(29-32-89-33-30-65)64(88)76(14)51(35-42(4)5)62(86)73(11)44(7)36-54(79)74(12)50(34-41(2)3)58(82)68-57/h23-24,26-27,41-44,46,48-52,57H,15-22,25,28-40H2,1-14H3,(H,67,78)(H,68,82)(H,69,83)/t43?,44-,48+,49+,50+,51+,52+,57+/m1/s1. The Morgan fingerprint density at radius 2 is 1.19 bits per heavy atom. The first-order valence-corrected chi connectivity index (χ1v) is 32.6. The zero-order chi connectivity index (χ0) is 66.2. The number of carbonyl (C=O) groups is 11. The molecule has 11 amide bonds. The third kappa shape index (κ3) is 19.8. The summed E-state index contributed by atoms with van der Waals surface area (Å²) in [5, 5.41) is 9.40. The minimum absolute atomic E-state index is 0.0700. The summed E-state index contributed by atoms with van der Waals surface area (Å²) in [6.45, 7) is 12.0. The minimum atomic E-state index is -1.54. The first kappa shape index (κ1) is 73.4. The van der Waals surface area contributed by atoms with Crippen molar-refractivity contribution in [1.82, 2.24) is 55.1 Å². The second-order valence-corrected chi connectivity index (χ2v) is 27.1. The van der Waals surface area contributed by atoms with Crippen LogP contribution < -0.4 is 16.0 Å². The molecule has 3 saturated heterocycles. The number of nitrogens with one attached hydrogen (secondary N) is 3. The van der Waals surface area contributed by atoms with E-state index in [1.165, 1.54) is 81.5 Å². The van der Waals surface area contributed by atoms with Crippen molar-refractivity contribution in [2.45, 2.75) is 199 Å². The third-order valence-corrected chi connectivity index (χ3v) is 19.1. The van der Waals surface area contributed by atoms with E-state index >= 15 is 9.59 Å². The van der Waals surface area contributed by atoms with Crippen molar-refractivity contribution in [3.05, 3.63) is 34.9 Å². The smallest absolute Gasteiger partial charge is 0.248 e. The van der Waals surface area contributed by atoms with Gasteiger partial charge in [-0.15, -0.1) is 0 Å². The van der Waals surface area contributed by atoms with Crippen LogP contribution in [0.4, 0.5) is 0 Å². The highest BCUT2D eigenvalue weighted by molar-refractivity contribution is 6.30. The molecule has 1 aromatic carbocycles. The molecule has 4 aliphatic rings. The maximum absolute atomic E-state index is 15.3. The number of hydrogen-bond acceptors (Lipinski definition) is 12. The lowest BCUT2D eigenvalue weighted by molar-refractivity contribution is -0.154. The highest BCUT2D eigenvalue weighted by Gasteiger charge is 2.49. The van der Waals surface area contributed by atoms with E-state index in [9.17, 15) is 43.2 Å². The van der Waals surface area contributed by atoms with E-state index < -0.39 is 138 Å². The lowest BCUT2D eigenvalue weighted by Crippen LogP contribution is -2.66. The van der Waals surface area contributed by atoms with Crippen LogP contribution in [0.5, 0.6) is 0 Å². The van der Waals surface area contributed by atoms with E-state index in [-0.39, 0.29) is 82.5 Å². The van der Waals surface area contributed by atoms with Crippen LogP contribution in [0.3, 0.4) is 0 Å². The molecule has 1 unspecified atom stereocenters. The number of carbonyl (C=O) groups excluding carboxylic acids is 11. The van der Waals surface area contributed by atoms with Gasteiger partial charge in [-0.1, -0.05) is 104 Å². The van der Waals surface area contributed by atoms with Crippen LogP contribution in [0, 0.1) is 23.7 Å². The topological polar surface area (TPSA) is 259 Å². The van der Waals surface area contributed by atoms with Crippen molar-refractivity contribution in [3.8, 4) is 0 Å². The molecule has 1 aromatic rings. The molecule has 5 rings (SSSR count). The van der Waals surface area contributed by atoms with Gasteiger partial charge >= 0.3 is 0 Å². The fraction of sp³-hybridized carbons (Fsp3) is 0.738. The molecule has 498 valence electrons. The molecule has 3 heterocycles. The summed E-state index contributed by atoms with van der Waals surface area (Å²) in [4.78, 5) is 171. The minimum Gasteiger partial charge on any atom is -0.381 e. The SMILES string of the molecule is CCC(C)[C@@H]1NC(=O)[C@H](CC(C)C)N(C)C(=O)C[C@@H](C)N(C)C(=O)[C@H](CC(C)C)N(C)C(=O)C2(CCOCC2)NC(=O)[C@@H]2CCCN2C(=O)[C@H](CCc2ccc(Cl)cc2)NC(=O)CN(C)C(=O)[C@H](CC2CCCCC2)N(C)C(=O)CN(C)C(=O)CN(C)C1=O. The maximum atomic E-state index is 15.3. The second-order valence-electron chi connectivity index (χ2n) is 26.6. The van der Waals surface area contributed by atoms with Crippen LogP contribution in [0.15, 0.2) is 24.3 Å². The molecule has 0 radical (unpaired) electrons. The zero-order valence-corrected chi connectivity index (χ0v) is 56.3. The Balaban J connectivity index is 1.56. The Morgan fingerprint density at radius 3 is 1.80 bits per heavy atom. The van der Waals surface area contributed by atoms with E-state index in [1.807, 2.05) is 46.8 Å². The number of hydrogen-bond donors (Lipinski definition) is 3. The lowest BCUT2D eigenvalue weighted by Gasteiger charge is -2.43. The molecule has 1 aliphatic carbocycles. The van der Waals surface area contributed by atoms with E-state index in [0.29, 0.717) is 30.7 Å². The quantitative estimate of drug-likeness (QED) is 0.283. The van der Waals surface area contributed by atoms with Gasteiger partial charge in [0.25, 0.3) is 0 Å². The molecular weight excluding hydrogens is 1160 g/mol. The number of likely N-dealkylation sites (N-methyl/N-ethyl adjacent to an activating group) is 7. The van der Waals surface area contributed by atoms with Crippen molar-refractivity contribution in [3.63, 3.8) is 0 Å². The molecule has 89 heavy (non-hydrogen) atoms. The molecule has 3 N–H and O–H groups in total. The van der Waals surface area contributed by atoms with E-state index in [2.05, 4.69) is 16.0 Å². The first-order valence-electron chi connectivity index (χ1n) is 32.2. The molecular formula is C65H104ClN11O12. The largest absolute Gasteiger partial charge is 0.381 e. The molecule has 8 atom stereocenters. The molecule has 23 nitrogen and oxygen atoms in total. The molecule has 0 aromatic heterocycles. The van der Waals surface area contributed by atoms with Crippen LogP contribution in [0.2, 0.25) is 5.02 Å². The summed E-state index contributed by atoms with van der Waals surface area (Å²) >= 11 is 6.22. The summed E-state index contributed by atoms with van der Waals surface area (Å²) in [6.07, 6.45) is 6.92. The number of halogens is 1. The average Bonchev–Trinajstić information content (AvgIpc) is 2.01. The van der Waals surface area contributed by atoms with Crippen LogP contribution >= 0.6 is 11.6 Å². The molecule has 1 spiro atoms. The normalized spacial score (nSPS) is 26.5. The van der Waals surface area contributed by atoms with Gasteiger partial charge in [0.2, 0.25) is 65.0 Å². The molecule has 4 fully saturated rings. The molecule has 1 saturated carbocycles. The fourth-order valence-electron chi connectivity index (χ4n) is 12.7. The Kier molecular flexibility index (Phi) is 27.7. The number of aryl methyl sites for hydroxylation is 1. The van der Waals surface area contributed by atoms with E-state index in [4.69, 9.17) is 16.3 Å². The lowest BCUT2D eigenvalue weighted by atomic mass is 9.84. The second kappa shape index (κ2) is 33.6. The summed E-state index contributed by atoms with van der Waals surface area (Å²) < 4.78 is 5.75. The van der Waals surface area contributed by atoms with Gasteiger partial charge in [-0.3, -0.25) is 52.7 Å². The van der Waals surface area contributed by atoms with Gasteiger partial charge < -0.3 is 59.9 Å². The van der Waals surface area contributed by atoms with Crippen LogP contribution in [-0.4, -0.2) is 241 Å². The molecule has 24 heteroatoms. The summed E-state index contributed by atoms with van der Waals surface area (Å²) in [5.74, 6) is -6.50. The van der Waals surface area contributed by atoms with Crippen LogP contribution in [0.25, 0.3) is 0 Å². The van der Waals surface area contributed by atoms with Crippen molar-refractivity contribution in [1.29, 1.82) is 0 Å². The average molecular weight is 1270 g/mol. The number of nitrogens with zero attached hydrogens (tertiary/aromatic N) is 8. The first-order chi connectivity index (χ1) is 41.9. The number of benzene rings is 1. The fourth-order valence-corrected chi connectivity index (χ4v) is 12.8. The number of amides is 11. The monoisotopic (exact) mass is 1270 g/mol. The highest BCUT2D eigenvalue weighted by atomic mass is 35.5. The van der Waals surface area contributed by atoms with E-state index in [0.717, 1.165) is 37.7 Å². The van der Waals surface area contributed by atoms with Gasteiger partial charge in [0, 0.05) is 99.4 Å². The van der Waals surface area contributed by atoms with Gasteiger partial charge in [-0.2, -0.15) is 0 Å². The maximum Gasteiger partial charge on any atom is 0.248 e. The predicted octanol–water partition coefficient (Wildman–Crippen LogP) is 4.11. The van der Waals surface area contributed by atoms with Crippen LogP contribution in [-0.2, 0) is 63.9 Å². The number of fused-ring (bicyclic) bond motifs is 1. The highest BCUT2D eigenvalue weighted by Crippen LogP contribution is 2.31. The van der Waals surface area contributed by atoms with Crippen molar-refractivity contribution < 1.29 is 57.5 Å². The Hall–Kier alpha value is -6.36. The van der Waals surface area contributed by atoms with Crippen molar-refractivity contribution in [2.75, 3.05) is 88.7 Å².